The number of ether oxygens (including phenoxy) is 2. The first-order valence-electron chi connectivity index (χ1n) is 3.33. The van der Waals surface area contributed by atoms with Crippen LogP contribution in [-0.2, 0) is 14.3 Å². The molecule has 0 aromatic heterocycles. The summed E-state index contributed by atoms with van der Waals surface area (Å²) in [5.74, 6) is -0.449. The maximum atomic E-state index is 10.8. The molecule has 5 heteroatoms. The van der Waals surface area contributed by atoms with Crippen LogP contribution in [0.2, 0.25) is 0 Å². The van der Waals surface area contributed by atoms with Crippen molar-refractivity contribution in [2.75, 3.05) is 20.5 Å². The number of carbonyl (C=O) groups excluding carboxylic acids is 1. The second kappa shape index (κ2) is 7.51. The largest absolute Gasteiger partial charge is 0.435 e. The quantitative estimate of drug-likeness (QED) is 0.352. The molecule has 0 aromatic carbocycles. The minimum Gasteiger partial charge on any atom is -0.435 e. The third kappa shape index (κ3) is 6.56. The molecular formula is C7H11IO4. The Hall–Kier alpha value is -0.140. The van der Waals surface area contributed by atoms with Crippen LogP contribution in [-0.4, -0.2) is 31.6 Å². The van der Waals surface area contributed by atoms with Crippen molar-refractivity contribution in [1.29, 1.82) is 0 Å². The summed E-state index contributed by atoms with van der Waals surface area (Å²) < 4.78 is 9.87. The molecule has 0 rings (SSSR count). The van der Waals surface area contributed by atoms with Gasteiger partial charge in [0.2, 0.25) is 0 Å². The predicted octanol–water partition coefficient (Wildman–Crippen LogP) is 0.835. The van der Waals surface area contributed by atoms with Gasteiger partial charge in [-0.05, 0) is 22.6 Å². The van der Waals surface area contributed by atoms with Gasteiger partial charge in [0.25, 0.3) is 0 Å². The summed E-state index contributed by atoms with van der Waals surface area (Å²) in [5, 5.41) is 8.50. The third-order valence-electron chi connectivity index (χ3n) is 0.944. The summed E-state index contributed by atoms with van der Waals surface area (Å²) in [4.78, 5) is 10.8. The number of hydrogen-bond acceptors (Lipinski definition) is 4. The van der Waals surface area contributed by atoms with Gasteiger partial charge < -0.3 is 14.6 Å². The molecule has 0 spiro atoms. The van der Waals surface area contributed by atoms with E-state index in [1.165, 1.54) is 13.2 Å². The minimum absolute atomic E-state index is 0.0341. The van der Waals surface area contributed by atoms with E-state index in [0.29, 0.717) is 6.42 Å². The van der Waals surface area contributed by atoms with Gasteiger partial charge in [-0.3, -0.25) is 0 Å². The normalized spacial score (nSPS) is 11.4. The molecule has 0 bridgehead atoms. The van der Waals surface area contributed by atoms with E-state index in [1.807, 2.05) is 22.6 Å². The maximum Gasteiger partial charge on any atom is 0.333 e. The van der Waals surface area contributed by atoms with Gasteiger partial charge in [-0.15, -0.1) is 0 Å². The molecule has 0 unspecified atom stereocenters. The van der Waals surface area contributed by atoms with Gasteiger partial charge in [-0.25, -0.2) is 4.79 Å². The third-order valence-corrected chi connectivity index (χ3v) is 1.79. The minimum atomic E-state index is -0.449. The molecule has 4 nitrogen and oxygen atoms in total. The summed E-state index contributed by atoms with van der Waals surface area (Å²) in [7, 11) is 1.44. The first kappa shape index (κ1) is 11.9. The number of hydrogen-bond donors (Lipinski definition) is 1. The molecule has 0 fully saturated rings. The highest BCUT2D eigenvalue weighted by atomic mass is 127. The van der Waals surface area contributed by atoms with Gasteiger partial charge in [-0.2, -0.15) is 0 Å². The van der Waals surface area contributed by atoms with Crippen LogP contribution < -0.4 is 0 Å². The summed E-state index contributed by atoms with van der Waals surface area (Å²) in [5.41, 5.74) is 0. The van der Waals surface area contributed by atoms with Crippen LogP contribution in [0.15, 0.2) is 9.66 Å². The van der Waals surface area contributed by atoms with E-state index >= 15 is 0 Å². The van der Waals surface area contributed by atoms with Crippen LogP contribution >= 0.6 is 22.6 Å². The fourth-order valence-electron chi connectivity index (χ4n) is 0.466. The molecule has 0 aliphatic heterocycles. The number of esters is 1. The van der Waals surface area contributed by atoms with E-state index < -0.39 is 5.97 Å². The van der Waals surface area contributed by atoms with Crippen LogP contribution in [0.1, 0.15) is 6.42 Å². The SMILES string of the molecule is COCOC(=O)/C=C(\I)CCO. The van der Waals surface area contributed by atoms with Gasteiger partial charge in [0.05, 0.1) is 0 Å². The highest BCUT2D eigenvalue weighted by Gasteiger charge is 1.98. The Kier molecular flexibility index (Phi) is 7.42. The molecule has 12 heavy (non-hydrogen) atoms. The Balaban J connectivity index is 3.71. The lowest BCUT2D eigenvalue weighted by Crippen LogP contribution is -2.04. The topological polar surface area (TPSA) is 55.8 Å². The van der Waals surface area contributed by atoms with E-state index in [2.05, 4.69) is 9.47 Å². The van der Waals surface area contributed by atoms with Crippen molar-refractivity contribution in [2.24, 2.45) is 0 Å². The van der Waals surface area contributed by atoms with Crippen LogP contribution in [0.25, 0.3) is 0 Å². The molecule has 0 amide bonds. The molecule has 0 heterocycles. The van der Waals surface area contributed by atoms with Crippen molar-refractivity contribution in [3.05, 3.63) is 9.66 Å². The first-order chi connectivity index (χ1) is 5.70. The molecule has 0 atom stereocenters. The van der Waals surface area contributed by atoms with E-state index in [1.54, 1.807) is 0 Å². The van der Waals surface area contributed by atoms with Gasteiger partial charge in [-0.1, -0.05) is 0 Å². The fourth-order valence-corrected chi connectivity index (χ4v) is 0.961. The van der Waals surface area contributed by atoms with Crippen molar-refractivity contribution in [3.8, 4) is 0 Å². The van der Waals surface area contributed by atoms with Gasteiger partial charge in [0.15, 0.2) is 6.79 Å². The zero-order valence-electron chi connectivity index (χ0n) is 6.75. The fraction of sp³-hybridized carbons (Fsp3) is 0.571. The monoisotopic (exact) mass is 286 g/mol. The summed E-state index contributed by atoms with van der Waals surface area (Å²) in [6, 6.07) is 0. The zero-order chi connectivity index (χ0) is 9.40. The van der Waals surface area contributed by atoms with Gasteiger partial charge in [0.1, 0.15) is 0 Å². The number of aliphatic hydroxyl groups excluding tert-OH is 1. The second-order valence-electron chi connectivity index (χ2n) is 1.93. The average Bonchev–Trinajstić information content (AvgIpc) is 2.01. The Bertz CT molecular complexity index is 167. The number of carbonyl (C=O) groups is 1. The second-order valence-corrected chi connectivity index (χ2v) is 3.32. The number of methoxy groups -OCH3 is 1. The van der Waals surface area contributed by atoms with Gasteiger partial charge >= 0.3 is 5.97 Å². The molecule has 1 N–H and O–H groups in total. The Morgan fingerprint density at radius 1 is 1.67 bits per heavy atom. The summed E-state index contributed by atoms with van der Waals surface area (Å²) >= 11 is 1.97. The first-order valence-corrected chi connectivity index (χ1v) is 4.41. The van der Waals surface area contributed by atoms with E-state index in [0.717, 1.165) is 3.58 Å². The van der Waals surface area contributed by atoms with Crippen molar-refractivity contribution < 1.29 is 19.4 Å². The predicted molar refractivity (Wildman–Crippen MR) is 51.8 cm³/mol. The highest BCUT2D eigenvalue weighted by Crippen LogP contribution is 2.09. The van der Waals surface area contributed by atoms with Crippen LogP contribution in [0, 0.1) is 0 Å². The number of rotatable bonds is 5. The van der Waals surface area contributed by atoms with Crippen molar-refractivity contribution in [3.63, 3.8) is 0 Å². The molecule has 0 aromatic rings. The molecular weight excluding hydrogens is 275 g/mol. The Morgan fingerprint density at radius 3 is 2.83 bits per heavy atom. The van der Waals surface area contributed by atoms with E-state index in [4.69, 9.17) is 5.11 Å². The van der Waals surface area contributed by atoms with E-state index in [9.17, 15) is 4.79 Å². The molecule has 0 aliphatic carbocycles. The van der Waals surface area contributed by atoms with Gasteiger partial charge in [0, 0.05) is 29.8 Å². The van der Waals surface area contributed by atoms with Crippen LogP contribution in [0.4, 0.5) is 0 Å². The standard InChI is InChI=1S/C7H11IO4/c1-11-5-12-7(10)4-6(8)2-3-9/h4,9H,2-3,5H2,1H3/b6-4-. The molecule has 0 aliphatic rings. The van der Waals surface area contributed by atoms with Crippen LogP contribution in [0.5, 0.6) is 0 Å². The van der Waals surface area contributed by atoms with E-state index in [-0.39, 0.29) is 13.4 Å². The van der Waals surface area contributed by atoms with Crippen LogP contribution in [0.3, 0.4) is 0 Å². The summed E-state index contributed by atoms with van der Waals surface area (Å²) in [6.45, 7) is -0.00922. The van der Waals surface area contributed by atoms with Crippen molar-refractivity contribution >= 4 is 28.6 Å². The Labute approximate surface area is 84.7 Å². The van der Waals surface area contributed by atoms with Crippen molar-refractivity contribution in [1.82, 2.24) is 0 Å². The molecule has 0 radical (unpaired) electrons. The molecule has 0 saturated heterocycles. The smallest absolute Gasteiger partial charge is 0.333 e. The Morgan fingerprint density at radius 2 is 2.33 bits per heavy atom. The molecule has 70 valence electrons. The lowest BCUT2D eigenvalue weighted by Gasteiger charge is -1.99. The molecule has 0 saturated carbocycles. The zero-order valence-corrected chi connectivity index (χ0v) is 8.91. The lowest BCUT2D eigenvalue weighted by atomic mass is 10.4. The lowest BCUT2D eigenvalue weighted by molar-refractivity contribution is -0.147. The number of halogens is 1. The maximum absolute atomic E-state index is 10.8. The number of aliphatic hydroxyl groups is 1. The summed E-state index contributed by atoms with van der Waals surface area (Å²) in [6.07, 6.45) is 1.80. The van der Waals surface area contributed by atoms with Crippen molar-refractivity contribution in [2.45, 2.75) is 6.42 Å². The highest BCUT2D eigenvalue weighted by molar-refractivity contribution is 14.1. The average molecular weight is 286 g/mol.